The van der Waals surface area contributed by atoms with Crippen molar-refractivity contribution in [2.24, 2.45) is 0 Å². The first-order valence-corrected chi connectivity index (χ1v) is 7.52. The highest BCUT2D eigenvalue weighted by Crippen LogP contribution is 2.20. The zero-order valence-electron chi connectivity index (χ0n) is 14.1. The Balaban J connectivity index is 0.00000264. The topological polar surface area (TPSA) is 60.9 Å². The zero-order chi connectivity index (χ0) is 16.2. The lowest BCUT2D eigenvalue weighted by Crippen LogP contribution is -2.44. The van der Waals surface area contributed by atoms with Crippen molar-refractivity contribution < 1.29 is 19.0 Å². The van der Waals surface area contributed by atoms with Crippen LogP contribution in [0.5, 0.6) is 11.6 Å². The van der Waals surface area contributed by atoms with E-state index in [-0.39, 0.29) is 24.6 Å². The molecule has 23 heavy (non-hydrogen) atoms. The number of methoxy groups -OCH3 is 1. The minimum absolute atomic E-state index is 0. The summed E-state index contributed by atoms with van der Waals surface area (Å²) in [6.45, 7) is 6.88. The Kier molecular flexibility index (Phi) is 6.94. The predicted molar refractivity (Wildman–Crippen MR) is 89.5 cm³/mol. The maximum Gasteiger partial charge on any atom is 0.410 e. The number of nitrogens with zero attached hydrogens (tertiary/aromatic N) is 2. The van der Waals surface area contributed by atoms with Gasteiger partial charge in [0.05, 0.1) is 13.3 Å². The predicted octanol–water partition coefficient (Wildman–Crippen LogP) is 3.29. The number of piperidine rings is 1. The number of carbonyl (C=O) groups excluding carboxylic acids is 1. The highest BCUT2D eigenvalue weighted by Gasteiger charge is 2.27. The number of amides is 1. The number of hydrogen-bond acceptors (Lipinski definition) is 5. The molecule has 0 unspecified atom stereocenters. The van der Waals surface area contributed by atoms with Crippen molar-refractivity contribution in [3.8, 4) is 11.6 Å². The molecule has 1 saturated heterocycles. The largest absolute Gasteiger partial charge is 0.495 e. The van der Waals surface area contributed by atoms with Gasteiger partial charge >= 0.3 is 6.09 Å². The van der Waals surface area contributed by atoms with Crippen molar-refractivity contribution >= 4 is 18.5 Å². The molecule has 1 aromatic heterocycles. The summed E-state index contributed by atoms with van der Waals surface area (Å²) in [7, 11) is 1.60. The number of likely N-dealkylation sites (tertiary alicyclic amines) is 1. The molecule has 130 valence electrons. The summed E-state index contributed by atoms with van der Waals surface area (Å²) in [5.74, 6) is 1.28. The maximum absolute atomic E-state index is 12.0. The molecule has 0 atom stereocenters. The summed E-state index contributed by atoms with van der Waals surface area (Å²) in [5, 5.41) is 0. The number of ether oxygens (including phenoxy) is 3. The molecule has 1 aromatic rings. The van der Waals surface area contributed by atoms with Gasteiger partial charge in [-0.25, -0.2) is 9.78 Å². The number of pyridine rings is 1. The Hall–Kier alpha value is -1.69. The van der Waals surface area contributed by atoms with E-state index in [1.54, 1.807) is 24.3 Å². The van der Waals surface area contributed by atoms with Gasteiger partial charge in [0.25, 0.3) is 0 Å². The molecule has 1 aliphatic rings. The first kappa shape index (κ1) is 19.4. The van der Waals surface area contributed by atoms with E-state index < -0.39 is 5.60 Å². The lowest BCUT2D eigenvalue weighted by molar-refractivity contribution is 0.0123. The number of aromatic nitrogens is 1. The van der Waals surface area contributed by atoms with E-state index in [1.165, 1.54) is 0 Å². The van der Waals surface area contributed by atoms with Crippen molar-refractivity contribution in [1.82, 2.24) is 9.88 Å². The molecule has 0 N–H and O–H groups in total. The standard InChI is InChI=1S/C16H24N2O4.ClH/c1-16(2,3)22-15(19)18-9-7-12(8-10-18)21-14-6-5-13(20-4)11-17-14;/h5-6,11-12H,7-10H2,1-4H3;1H. The number of rotatable bonds is 3. The van der Waals surface area contributed by atoms with Crippen LogP contribution in [-0.2, 0) is 4.74 Å². The quantitative estimate of drug-likeness (QED) is 0.842. The second kappa shape index (κ2) is 8.24. The lowest BCUT2D eigenvalue weighted by Gasteiger charge is -2.33. The third-order valence-corrected chi connectivity index (χ3v) is 3.33. The van der Waals surface area contributed by atoms with Crippen LogP contribution in [0.15, 0.2) is 18.3 Å². The van der Waals surface area contributed by atoms with Crippen molar-refractivity contribution in [3.05, 3.63) is 18.3 Å². The molecule has 0 aliphatic carbocycles. The lowest BCUT2D eigenvalue weighted by atomic mass is 10.1. The molecule has 1 fully saturated rings. The smallest absolute Gasteiger partial charge is 0.410 e. The van der Waals surface area contributed by atoms with E-state index >= 15 is 0 Å². The number of hydrogen-bond donors (Lipinski definition) is 0. The molecular formula is C16H25ClN2O4. The van der Waals surface area contributed by atoms with Crippen LogP contribution in [0.1, 0.15) is 33.6 Å². The minimum Gasteiger partial charge on any atom is -0.495 e. The van der Waals surface area contributed by atoms with Crippen LogP contribution in [-0.4, -0.2) is 47.9 Å². The van der Waals surface area contributed by atoms with E-state index in [4.69, 9.17) is 14.2 Å². The van der Waals surface area contributed by atoms with Crippen molar-refractivity contribution in [1.29, 1.82) is 0 Å². The second-order valence-electron chi connectivity index (χ2n) is 6.32. The van der Waals surface area contributed by atoms with Crippen molar-refractivity contribution in [3.63, 3.8) is 0 Å². The molecule has 0 aromatic carbocycles. The van der Waals surface area contributed by atoms with Crippen LogP contribution in [0, 0.1) is 0 Å². The molecular weight excluding hydrogens is 320 g/mol. The van der Waals surface area contributed by atoms with Crippen molar-refractivity contribution in [2.45, 2.75) is 45.3 Å². The Morgan fingerprint density at radius 3 is 2.39 bits per heavy atom. The van der Waals surface area contributed by atoms with Crippen molar-refractivity contribution in [2.75, 3.05) is 20.2 Å². The van der Waals surface area contributed by atoms with Gasteiger partial charge < -0.3 is 19.1 Å². The molecule has 0 radical (unpaired) electrons. The molecule has 0 saturated carbocycles. The number of halogens is 1. The molecule has 6 nitrogen and oxygen atoms in total. The van der Waals surface area contributed by atoms with Gasteiger partial charge in [-0.15, -0.1) is 12.4 Å². The van der Waals surface area contributed by atoms with Crippen LogP contribution in [0.25, 0.3) is 0 Å². The first-order valence-electron chi connectivity index (χ1n) is 7.52. The molecule has 0 bridgehead atoms. The normalized spacial score (nSPS) is 15.6. The van der Waals surface area contributed by atoms with Crippen LogP contribution in [0.4, 0.5) is 4.79 Å². The molecule has 2 rings (SSSR count). The van der Waals surface area contributed by atoms with Crippen LogP contribution in [0.2, 0.25) is 0 Å². The van der Waals surface area contributed by atoms with Crippen LogP contribution in [0.3, 0.4) is 0 Å². The van der Waals surface area contributed by atoms with Gasteiger partial charge in [0.2, 0.25) is 5.88 Å². The third kappa shape index (κ3) is 6.14. The third-order valence-electron chi connectivity index (χ3n) is 3.33. The summed E-state index contributed by atoms with van der Waals surface area (Å²) in [5.41, 5.74) is -0.461. The molecule has 7 heteroatoms. The Morgan fingerprint density at radius 1 is 1.26 bits per heavy atom. The van der Waals surface area contributed by atoms with Crippen LogP contribution < -0.4 is 9.47 Å². The van der Waals surface area contributed by atoms with E-state index in [0.29, 0.717) is 24.7 Å². The Morgan fingerprint density at radius 2 is 1.91 bits per heavy atom. The van der Waals surface area contributed by atoms with E-state index in [0.717, 1.165) is 12.8 Å². The van der Waals surface area contributed by atoms with Gasteiger partial charge in [0, 0.05) is 32.0 Å². The van der Waals surface area contributed by atoms with Gasteiger partial charge in [0.15, 0.2) is 0 Å². The zero-order valence-corrected chi connectivity index (χ0v) is 14.9. The SMILES string of the molecule is COc1ccc(OC2CCN(C(=O)OC(C)(C)C)CC2)nc1.Cl. The van der Waals surface area contributed by atoms with Crippen LogP contribution >= 0.6 is 12.4 Å². The highest BCUT2D eigenvalue weighted by molar-refractivity contribution is 5.85. The summed E-state index contributed by atoms with van der Waals surface area (Å²) in [6.07, 6.45) is 2.98. The summed E-state index contributed by atoms with van der Waals surface area (Å²) in [4.78, 5) is 17.9. The fourth-order valence-corrected chi connectivity index (χ4v) is 2.21. The van der Waals surface area contributed by atoms with Gasteiger partial charge in [-0.1, -0.05) is 0 Å². The molecule has 1 amide bonds. The fraction of sp³-hybridized carbons (Fsp3) is 0.625. The average molecular weight is 345 g/mol. The van der Waals surface area contributed by atoms with Gasteiger partial charge in [-0.2, -0.15) is 0 Å². The van der Waals surface area contributed by atoms with E-state index in [1.807, 2.05) is 26.8 Å². The first-order chi connectivity index (χ1) is 10.4. The maximum atomic E-state index is 12.0. The summed E-state index contributed by atoms with van der Waals surface area (Å²) < 4.78 is 16.3. The fourth-order valence-electron chi connectivity index (χ4n) is 2.21. The molecule has 0 spiro atoms. The monoisotopic (exact) mass is 344 g/mol. The Bertz CT molecular complexity index is 494. The number of carbonyl (C=O) groups is 1. The average Bonchev–Trinajstić information content (AvgIpc) is 2.47. The van der Waals surface area contributed by atoms with Gasteiger partial charge in [-0.05, 0) is 26.8 Å². The molecule has 1 aliphatic heterocycles. The second-order valence-corrected chi connectivity index (χ2v) is 6.32. The molecule has 2 heterocycles. The van der Waals surface area contributed by atoms with E-state index in [9.17, 15) is 4.79 Å². The van der Waals surface area contributed by atoms with Gasteiger partial charge in [0.1, 0.15) is 17.5 Å². The van der Waals surface area contributed by atoms with Gasteiger partial charge in [-0.3, -0.25) is 0 Å². The Labute approximate surface area is 143 Å². The highest BCUT2D eigenvalue weighted by atomic mass is 35.5. The minimum atomic E-state index is -0.461. The summed E-state index contributed by atoms with van der Waals surface area (Å²) >= 11 is 0. The van der Waals surface area contributed by atoms with E-state index in [2.05, 4.69) is 4.98 Å². The summed E-state index contributed by atoms with van der Waals surface area (Å²) in [6, 6.07) is 3.61.